The Morgan fingerprint density at radius 3 is 3.00 bits per heavy atom. The number of aromatic nitrogens is 4. The highest BCUT2D eigenvalue weighted by Crippen LogP contribution is 2.37. The SMILES string of the molecule is Cc1cc(C)n2nc(CC(=O)NC3CCCC3(C)CO)nc2n1. The van der Waals surface area contributed by atoms with Gasteiger partial charge in [0.25, 0.3) is 5.78 Å². The molecule has 2 unspecified atom stereocenters. The number of carbonyl (C=O) groups is 1. The van der Waals surface area contributed by atoms with Crippen LogP contribution in [-0.2, 0) is 11.2 Å². The lowest BCUT2D eigenvalue weighted by Crippen LogP contribution is -2.45. The number of nitrogens with one attached hydrogen (secondary N) is 1. The van der Waals surface area contributed by atoms with Crippen molar-refractivity contribution in [1.29, 1.82) is 0 Å². The van der Waals surface area contributed by atoms with Gasteiger partial charge in [0.2, 0.25) is 5.91 Å². The van der Waals surface area contributed by atoms with E-state index in [2.05, 4.69) is 20.4 Å². The summed E-state index contributed by atoms with van der Waals surface area (Å²) in [5, 5.41) is 17.0. The number of aliphatic hydroxyl groups is 1. The molecule has 0 spiro atoms. The summed E-state index contributed by atoms with van der Waals surface area (Å²) in [7, 11) is 0. The average molecular weight is 317 g/mol. The number of aliphatic hydroxyl groups excluding tert-OH is 1. The molecule has 2 N–H and O–H groups in total. The summed E-state index contributed by atoms with van der Waals surface area (Å²) < 4.78 is 1.66. The monoisotopic (exact) mass is 317 g/mol. The third-order valence-corrected chi connectivity index (χ3v) is 4.76. The summed E-state index contributed by atoms with van der Waals surface area (Å²) in [4.78, 5) is 21.0. The Morgan fingerprint density at radius 1 is 1.48 bits per heavy atom. The lowest BCUT2D eigenvalue weighted by atomic mass is 9.86. The fourth-order valence-electron chi connectivity index (χ4n) is 3.34. The molecule has 1 fully saturated rings. The first-order valence-electron chi connectivity index (χ1n) is 8.01. The van der Waals surface area contributed by atoms with Crippen LogP contribution in [0.15, 0.2) is 6.07 Å². The largest absolute Gasteiger partial charge is 0.396 e. The van der Waals surface area contributed by atoms with E-state index in [1.165, 1.54) is 0 Å². The number of hydrogen-bond donors (Lipinski definition) is 2. The molecule has 2 aromatic rings. The predicted molar refractivity (Wildman–Crippen MR) is 84.9 cm³/mol. The molecule has 0 aromatic carbocycles. The van der Waals surface area contributed by atoms with Crippen LogP contribution in [0.1, 0.15) is 43.4 Å². The Morgan fingerprint density at radius 2 is 2.26 bits per heavy atom. The smallest absolute Gasteiger partial charge is 0.252 e. The number of rotatable bonds is 4. The van der Waals surface area contributed by atoms with Crippen LogP contribution in [0.5, 0.6) is 0 Å². The molecule has 3 rings (SSSR count). The second kappa shape index (κ2) is 5.88. The van der Waals surface area contributed by atoms with Gasteiger partial charge in [-0.15, -0.1) is 5.10 Å². The van der Waals surface area contributed by atoms with Gasteiger partial charge >= 0.3 is 0 Å². The standard InChI is InChI=1S/C16H23N5O2/c1-10-7-11(2)21-15(17-10)19-13(20-21)8-14(23)18-12-5-4-6-16(12,3)9-22/h7,12,22H,4-6,8-9H2,1-3H3,(H,18,23). The van der Waals surface area contributed by atoms with Gasteiger partial charge in [-0.05, 0) is 32.8 Å². The Labute approximate surface area is 135 Å². The first-order chi connectivity index (χ1) is 10.9. The van der Waals surface area contributed by atoms with Crippen LogP contribution in [0.2, 0.25) is 0 Å². The summed E-state index contributed by atoms with van der Waals surface area (Å²) in [6, 6.07) is 1.94. The molecule has 0 saturated heterocycles. The maximum Gasteiger partial charge on any atom is 0.252 e. The molecule has 1 amide bonds. The second-order valence-electron chi connectivity index (χ2n) is 6.78. The van der Waals surface area contributed by atoms with E-state index in [4.69, 9.17) is 0 Å². The minimum absolute atomic E-state index is 0.0131. The Hall–Kier alpha value is -2.02. The van der Waals surface area contributed by atoms with Crippen molar-refractivity contribution in [2.75, 3.05) is 6.61 Å². The van der Waals surface area contributed by atoms with Gasteiger partial charge in [0.1, 0.15) is 0 Å². The fourth-order valence-corrected chi connectivity index (χ4v) is 3.34. The zero-order valence-electron chi connectivity index (χ0n) is 13.8. The average Bonchev–Trinajstić information content (AvgIpc) is 3.03. The first kappa shape index (κ1) is 15.9. The van der Waals surface area contributed by atoms with Crippen LogP contribution in [0.4, 0.5) is 0 Å². The summed E-state index contributed by atoms with van der Waals surface area (Å²) in [6.07, 6.45) is 2.99. The van der Waals surface area contributed by atoms with E-state index >= 15 is 0 Å². The molecule has 2 atom stereocenters. The van der Waals surface area contributed by atoms with E-state index < -0.39 is 0 Å². The third kappa shape index (κ3) is 3.06. The van der Waals surface area contributed by atoms with Crippen molar-refractivity contribution in [3.05, 3.63) is 23.3 Å². The fraction of sp³-hybridized carbons (Fsp3) is 0.625. The van der Waals surface area contributed by atoms with Crippen LogP contribution >= 0.6 is 0 Å². The number of nitrogens with zero attached hydrogens (tertiary/aromatic N) is 4. The van der Waals surface area contributed by atoms with Gasteiger partial charge in [-0.2, -0.15) is 4.98 Å². The molecule has 1 aliphatic carbocycles. The van der Waals surface area contributed by atoms with Crippen molar-refractivity contribution < 1.29 is 9.90 Å². The van der Waals surface area contributed by atoms with Gasteiger partial charge in [0.15, 0.2) is 5.82 Å². The van der Waals surface area contributed by atoms with Crippen molar-refractivity contribution in [2.45, 2.75) is 52.5 Å². The van der Waals surface area contributed by atoms with Crippen LogP contribution in [0.25, 0.3) is 5.78 Å². The molecular weight excluding hydrogens is 294 g/mol. The molecule has 0 aliphatic heterocycles. The summed E-state index contributed by atoms with van der Waals surface area (Å²) >= 11 is 0. The number of carbonyl (C=O) groups excluding carboxylic acids is 1. The number of aryl methyl sites for hydroxylation is 2. The van der Waals surface area contributed by atoms with Gasteiger partial charge in [-0.25, -0.2) is 9.50 Å². The van der Waals surface area contributed by atoms with Crippen molar-refractivity contribution in [2.24, 2.45) is 5.41 Å². The third-order valence-electron chi connectivity index (χ3n) is 4.76. The number of fused-ring (bicyclic) bond motifs is 1. The maximum atomic E-state index is 12.3. The minimum Gasteiger partial charge on any atom is -0.396 e. The summed E-state index contributed by atoms with van der Waals surface area (Å²) in [5.74, 6) is 0.876. The molecule has 0 radical (unpaired) electrons. The van der Waals surface area contributed by atoms with Gasteiger partial charge in [-0.3, -0.25) is 4.79 Å². The Bertz CT molecular complexity index is 741. The molecule has 7 nitrogen and oxygen atoms in total. The zero-order chi connectivity index (χ0) is 16.6. The molecule has 0 bridgehead atoms. The molecule has 124 valence electrons. The summed E-state index contributed by atoms with van der Waals surface area (Å²) in [6.45, 7) is 5.95. The van der Waals surface area contributed by atoms with E-state index in [1.807, 2.05) is 26.8 Å². The Balaban J connectivity index is 1.72. The van der Waals surface area contributed by atoms with Crippen LogP contribution in [-0.4, -0.2) is 43.2 Å². The molecule has 2 aromatic heterocycles. The molecule has 1 aliphatic rings. The van der Waals surface area contributed by atoms with Crippen LogP contribution < -0.4 is 5.32 Å². The number of amides is 1. The van der Waals surface area contributed by atoms with Gasteiger partial charge in [-0.1, -0.05) is 13.3 Å². The van der Waals surface area contributed by atoms with Gasteiger partial charge in [0, 0.05) is 22.8 Å². The minimum atomic E-state index is -0.225. The quantitative estimate of drug-likeness (QED) is 0.876. The lowest BCUT2D eigenvalue weighted by molar-refractivity contribution is -0.122. The second-order valence-corrected chi connectivity index (χ2v) is 6.78. The molecule has 23 heavy (non-hydrogen) atoms. The van der Waals surface area contributed by atoms with Crippen molar-refractivity contribution in [1.82, 2.24) is 24.9 Å². The lowest BCUT2D eigenvalue weighted by Gasteiger charge is -2.29. The highest BCUT2D eigenvalue weighted by Gasteiger charge is 2.39. The van der Waals surface area contributed by atoms with Crippen molar-refractivity contribution in [3.8, 4) is 0 Å². The zero-order valence-corrected chi connectivity index (χ0v) is 13.8. The van der Waals surface area contributed by atoms with Crippen molar-refractivity contribution >= 4 is 11.7 Å². The number of hydrogen-bond acceptors (Lipinski definition) is 5. The molecule has 7 heteroatoms. The van der Waals surface area contributed by atoms with Gasteiger partial charge < -0.3 is 10.4 Å². The van der Waals surface area contributed by atoms with Crippen molar-refractivity contribution in [3.63, 3.8) is 0 Å². The highest BCUT2D eigenvalue weighted by molar-refractivity contribution is 5.78. The topological polar surface area (TPSA) is 92.4 Å². The van der Waals surface area contributed by atoms with E-state index in [-0.39, 0.29) is 30.4 Å². The Kier molecular flexibility index (Phi) is 4.06. The first-order valence-corrected chi connectivity index (χ1v) is 8.01. The van der Waals surface area contributed by atoms with Gasteiger partial charge in [0.05, 0.1) is 13.0 Å². The molecule has 2 heterocycles. The predicted octanol–water partition coefficient (Wildman–Crippen LogP) is 0.951. The van der Waals surface area contributed by atoms with E-state index in [0.29, 0.717) is 11.6 Å². The van der Waals surface area contributed by atoms with E-state index in [0.717, 1.165) is 30.7 Å². The normalized spacial score (nSPS) is 24.3. The summed E-state index contributed by atoms with van der Waals surface area (Å²) in [5.41, 5.74) is 1.59. The van der Waals surface area contributed by atoms with Crippen LogP contribution in [0, 0.1) is 19.3 Å². The van der Waals surface area contributed by atoms with E-state index in [1.54, 1.807) is 4.52 Å². The van der Waals surface area contributed by atoms with E-state index in [9.17, 15) is 9.90 Å². The maximum absolute atomic E-state index is 12.3. The molecular formula is C16H23N5O2. The molecule has 1 saturated carbocycles. The highest BCUT2D eigenvalue weighted by atomic mass is 16.3. The van der Waals surface area contributed by atoms with Crippen LogP contribution in [0.3, 0.4) is 0 Å².